The number of anilines is 1. The molecule has 1 aromatic heterocycles. The fourth-order valence-electron chi connectivity index (χ4n) is 3.80. The summed E-state index contributed by atoms with van der Waals surface area (Å²) in [6.45, 7) is 9.02. The molecule has 12 nitrogen and oxygen atoms in total. The second-order valence-corrected chi connectivity index (χ2v) is 10.4. The summed E-state index contributed by atoms with van der Waals surface area (Å²) in [5, 5.41) is 5.05. The first-order chi connectivity index (χ1) is 18.1. The smallest absolute Gasteiger partial charge is 0.408 e. The van der Waals surface area contributed by atoms with Crippen molar-refractivity contribution in [3.8, 4) is 5.69 Å². The van der Waals surface area contributed by atoms with Gasteiger partial charge in [-0.3, -0.25) is 19.5 Å². The van der Waals surface area contributed by atoms with Crippen molar-refractivity contribution in [3.63, 3.8) is 0 Å². The standard InChI is InChI=1S/C25H30F2N6O6/c1-24(2,3)39-23(38)30-25(4,5)20(35)31-8-10-32(11-9-31)21(36)28-19-6-7-33(22(37)29-19)15-12-17(26)16(14-34)18(27)13-15/h6-7,12-14H,8-11H2,1-5H3,(H,30,38)(H,28,29,36,37). The van der Waals surface area contributed by atoms with Gasteiger partial charge in [0.2, 0.25) is 5.91 Å². The molecule has 0 radical (unpaired) electrons. The average Bonchev–Trinajstić information content (AvgIpc) is 2.82. The minimum absolute atomic E-state index is 0.0334. The van der Waals surface area contributed by atoms with Crippen LogP contribution in [0.25, 0.3) is 5.69 Å². The molecule has 0 unspecified atom stereocenters. The minimum atomic E-state index is -1.24. The van der Waals surface area contributed by atoms with E-state index < -0.39 is 46.2 Å². The van der Waals surface area contributed by atoms with Crippen LogP contribution >= 0.6 is 0 Å². The molecular formula is C25H30F2N6O6. The van der Waals surface area contributed by atoms with E-state index in [0.29, 0.717) is 0 Å². The molecule has 210 valence electrons. The molecule has 1 saturated heterocycles. The predicted molar refractivity (Wildman–Crippen MR) is 136 cm³/mol. The van der Waals surface area contributed by atoms with Gasteiger partial charge in [-0.2, -0.15) is 4.98 Å². The van der Waals surface area contributed by atoms with Crippen LogP contribution in [0.3, 0.4) is 0 Å². The molecule has 39 heavy (non-hydrogen) atoms. The first kappa shape index (κ1) is 29.2. The molecule has 0 atom stereocenters. The van der Waals surface area contributed by atoms with Crippen LogP contribution in [0.4, 0.5) is 24.2 Å². The Hall–Kier alpha value is -4.36. The number of rotatable bonds is 5. The van der Waals surface area contributed by atoms with Gasteiger partial charge in [0.15, 0.2) is 6.29 Å². The second kappa shape index (κ2) is 11.2. The Morgan fingerprint density at radius 1 is 1.00 bits per heavy atom. The Labute approximate surface area is 222 Å². The van der Waals surface area contributed by atoms with Gasteiger partial charge in [0.05, 0.1) is 11.3 Å². The number of hydrogen-bond donors (Lipinski definition) is 2. The number of nitrogens with one attached hydrogen (secondary N) is 2. The van der Waals surface area contributed by atoms with Crippen LogP contribution in [0.15, 0.2) is 29.2 Å². The lowest BCUT2D eigenvalue weighted by Gasteiger charge is -2.38. The third kappa shape index (κ3) is 7.15. The molecule has 0 bridgehead atoms. The van der Waals surface area contributed by atoms with E-state index in [0.717, 1.165) is 16.7 Å². The van der Waals surface area contributed by atoms with E-state index in [1.807, 2.05) is 0 Å². The number of hydrogen-bond acceptors (Lipinski definition) is 7. The van der Waals surface area contributed by atoms with E-state index in [1.165, 1.54) is 22.1 Å². The number of carbonyl (C=O) groups is 4. The molecular weight excluding hydrogens is 518 g/mol. The van der Waals surface area contributed by atoms with Gasteiger partial charge in [-0.05, 0) is 52.8 Å². The molecule has 2 aromatic rings. The summed E-state index contributed by atoms with van der Waals surface area (Å²) in [5.74, 6) is -2.70. The Morgan fingerprint density at radius 2 is 1.56 bits per heavy atom. The highest BCUT2D eigenvalue weighted by Crippen LogP contribution is 2.17. The number of piperazine rings is 1. The Balaban J connectivity index is 1.59. The summed E-state index contributed by atoms with van der Waals surface area (Å²) in [6.07, 6.45) is 0.489. The lowest BCUT2D eigenvalue weighted by atomic mass is 10.0. The molecule has 1 fully saturated rings. The van der Waals surface area contributed by atoms with Crippen LogP contribution in [0, 0.1) is 11.6 Å². The number of benzene rings is 1. The Morgan fingerprint density at radius 3 is 2.08 bits per heavy atom. The van der Waals surface area contributed by atoms with Gasteiger partial charge in [-0.25, -0.2) is 23.2 Å². The van der Waals surface area contributed by atoms with Crippen LogP contribution in [0.1, 0.15) is 45.0 Å². The number of aldehydes is 1. The van der Waals surface area contributed by atoms with Crippen LogP contribution in [-0.4, -0.2) is 81.0 Å². The maximum atomic E-state index is 13.9. The van der Waals surface area contributed by atoms with Crippen LogP contribution in [0.2, 0.25) is 0 Å². The number of urea groups is 1. The number of nitrogens with zero attached hydrogens (tertiary/aromatic N) is 4. The second-order valence-electron chi connectivity index (χ2n) is 10.4. The largest absolute Gasteiger partial charge is 0.444 e. The van der Waals surface area contributed by atoms with E-state index in [4.69, 9.17) is 4.74 Å². The summed E-state index contributed by atoms with van der Waals surface area (Å²) >= 11 is 0. The number of aromatic nitrogens is 2. The predicted octanol–water partition coefficient (Wildman–Crippen LogP) is 2.30. The van der Waals surface area contributed by atoms with Gasteiger partial charge < -0.3 is 19.9 Å². The zero-order valence-corrected chi connectivity index (χ0v) is 22.2. The number of halogens is 2. The number of amides is 4. The lowest BCUT2D eigenvalue weighted by Crippen LogP contribution is -2.60. The van der Waals surface area contributed by atoms with Crippen molar-refractivity contribution in [2.75, 3.05) is 31.5 Å². The van der Waals surface area contributed by atoms with Gasteiger partial charge in [0, 0.05) is 32.4 Å². The summed E-state index contributed by atoms with van der Waals surface area (Å²) in [4.78, 5) is 67.7. The van der Waals surface area contributed by atoms with Crippen molar-refractivity contribution < 1.29 is 32.7 Å². The fraction of sp³-hybridized carbons (Fsp3) is 0.440. The normalized spacial score (nSPS) is 14.0. The maximum Gasteiger partial charge on any atom is 0.408 e. The van der Waals surface area contributed by atoms with Crippen molar-refractivity contribution in [2.24, 2.45) is 0 Å². The quantitative estimate of drug-likeness (QED) is 0.546. The summed E-state index contributed by atoms with van der Waals surface area (Å²) in [7, 11) is 0. The highest BCUT2D eigenvalue weighted by atomic mass is 19.1. The van der Waals surface area contributed by atoms with E-state index in [2.05, 4.69) is 15.6 Å². The summed E-state index contributed by atoms with van der Waals surface area (Å²) in [6, 6.07) is 2.34. The molecule has 4 amide bonds. The zero-order chi connectivity index (χ0) is 29.1. The van der Waals surface area contributed by atoms with Crippen molar-refractivity contribution in [1.29, 1.82) is 0 Å². The fourth-order valence-corrected chi connectivity index (χ4v) is 3.80. The maximum absolute atomic E-state index is 13.9. The van der Waals surface area contributed by atoms with E-state index in [-0.39, 0.29) is 49.9 Å². The van der Waals surface area contributed by atoms with Crippen LogP contribution < -0.4 is 16.3 Å². The molecule has 0 saturated carbocycles. The van der Waals surface area contributed by atoms with Gasteiger partial charge in [-0.1, -0.05) is 0 Å². The zero-order valence-electron chi connectivity index (χ0n) is 22.2. The number of alkyl carbamates (subject to hydrolysis) is 1. The molecule has 0 spiro atoms. The van der Waals surface area contributed by atoms with E-state index in [9.17, 15) is 32.8 Å². The molecule has 2 heterocycles. The van der Waals surface area contributed by atoms with Crippen molar-refractivity contribution in [1.82, 2.24) is 24.7 Å². The van der Waals surface area contributed by atoms with Gasteiger partial charge in [0.25, 0.3) is 0 Å². The molecule has 1 aromatic carbocycles. The minimum Gasteiger partial charge on any atom is -0.444 e. The van der Waals surface area contributed by atoms with Gasteiger partial charge in [0.1, 0.15) is 28.6 Å². The molecule has 14 heteroatoms. The van der Waals surface area contributed by atoms with Gasteiger partial charge >= 0.3 is 17.8 Å². The molecule has 2 N–H and O–H groups in total. The third-order valence-electron chi connectivity index (χ3n) is 5.70. The average molecular weight is 549 g/mol. The van der Waals surface area contributed by atoms with E-state index >= 15 is 0 Å². The first-order valence-corrected chi connectivity index (χ1v) is 12.0. The summed E-state index contributed by atoms with van der Waals surface area (Å²) in [5.41, 5.74) is -3.81. The lowest BCUT2D eigenvalue weighted by molar-refractivity contribution is -0.138. The van der Waals surface area contributed by atoms with Gasteiger partial charge in [-0.15, -0.1) is 0 Å². The monoisotopic (exact) mass is 548 g/mol. The number of ether oxygens (including phenoxy) is 1. The highest BCUT2D eigenvalue weighted by Gasteiger charge is 2.36. The highest BCUT2D eigenvalue weighted by molar-refractivity contribution is 5.90. The first-order valence-electron chi connectivity index (χ1n) is 12.0. The molecule has 1 aliphatic rings. The van der Waals surface area contributed by atoms with Crippen molar-refractivity contribution >= 4 is 30.1 Å². The number of carbonyl (C=O) groups excluding carboxylic acids is 4. The van der Waals surface area contributed by atoms with Crippen molar-refractivity contribution in [3.05, 3.63) is 52.1 Å². The Kier molecular flexibility index (Phi) is 8.36. The molecule has 0 aliphatic carbocycles. The third-order valence-corrected chi connectivity index (χ3v) is 5.70. The van der Waals surface area contributed by atoms with Crippen LogP contribution in [-0.2, 0) is 9.53 Å². The summed E-state index contributed by atoms with van der Waals surface area (Å²) < 4.78 is 33.9. The van der Waals surface area contributed by atoms with Crippen LogP contribution in [0.5, 0.6) is 0 Å². The van der Waals surface area contributed by atoms with Crippen molar-refractivity contribution in [2.45, 2.75) is 45.8 Å². The molecule has 1 aliphatic heterocycles. The SMILES string of the molecule is CC(C)(C)OC(=O)NC(C)(C)C(=O)N1CCN(C(=O)Nc2ccn(-c3cc(F)c(C=O)c(F)c3)c(=O)n2)CC1. The topological polar surface area (TPSA) is 143 Å². The Bertz CT molecular complexity index is 1320. The molecule has 3 rings (SSSR count). The van der Waals surface area contributed by atoms with E-state index in [1.54, 1.807) is 34.6 Å².